The first-order chi connectivity index (χ1) is 8.40. The summed E-state index contributed by atoms with van der Waals surface area (Å²) >= 11 is 0. The van der Waals surface area contributed by atoms with Gasteiger partial charge in [-0.1, -0.05) is 31.5 Å². The number of hydrogen-bond acceptors (Lipinski definition) is 2. The Balaban J connectivity index is 2.53. The molecule has 0 heterocycles. The summed E-state index contributed by atoms with van der Waals surface area (Å²) in [5, 5.41) is 9.87. The van der Waals surface area contributed by atoms with E-state index in [1.165, 1.54) is 5.56 Å². The zero-order valence-corrected chi connectivity index (χ0v) is 12.3. The molecule has 0 spiro atoms. The lowest BCUT2D eigenvalue weighted by atomic mass is 10.1. The van der Waals surface area contributed by atoms with Crippen LogP contribution in [0.1, 0.15) is 43.4 Å². The van der Waals surface area contributed by atoms with Crippen molar-refractivity contribution in [3.8, 4) is 5.75 Å². The monoisotopic (exact) mass is 250 g/mol. The van der Waals surface area contributed by atoms with Crippen LogP contribution in [0.15, 0.2) is 12.1 Å². The summed E-state index contributed by atoms with van der Waals surface area (Å²) in [5.74, 6) is 1.55. The van der Waals surface area contributed by atoms with Crippen LogP contribution in [0, 0.1) is 26.7 Å². The van der Waals surface area contributed by atoms with E-state index in [4.69, 9.17) is 4.74 Å². The SMILES string of the molecule is Cc1cc(C)c(OCC(O)CCC(C)C)c(C)c1. The molecule has 0 aliphatic heterocycles. The standard InChI is InChI=1S/C16H26O2/c1-11(2)6-7-15(17)10-18-16-13(4)8-12(3)9-14(16)5/h8-9,11,15,17H,6-7,10H2,1-5H3. The number of hydrogen-bond donors (Lipinski definition) is 1. The lowest BCUT2D eigenvalue weighted by molar-refractivity contribution is 0.0943. The van der Waals surface area contributed by atoms with Crippen LogP contribution in [0.2, 0.25) is 0 Å². The Kier molecular flexibility index (Phi) is 5.67. The third-order valence-electron chi connectivity index (χ3n) is 3.10. The summed E-state index contributed by atoms with van der Waals surface area (Å²) < 4.78 is 5.77. The van der Waals surface area contributed by atoms with E-state index in [-0.39, 0.29) is 6.10 Å². The molecule has 1 unspecified atom stereocenters. The van der Waals surface area contributed by atoms with Crippen LogP contribution in [0.5, 0.6) is 5.75 Å². The molecule has 0 saturated heterocycles. The first-order valence-electron chi connectivity index (χ1n) is 6.79. The normalized spacial score (nSPS) is 12.8. The van der Waals surface area contributed by atoms with Crippen LogP contribution < -0.4 is 4.74 Å². The van der Waals surface area contributed by atoms with Gasteiger partial charge >= 0.3 is 0 Å². The molecule has 0 saturated carbocycles. The molecule has 0 fully saturated rings. The van der Waals surface area contributed by atoms with Gasteiger partial charge < -0.3 is 9.84 Å². The molecule has 0 aliphatic rings. The molecule has 1 N–H and O–H groups in total. The fourth-order valence-corrected chi connectivity index (χ4v) is 2.18. The summed E-state index contributed by atoms with van der Waals surface area (Å²) in [4.78, 5) is 0. The van der Waals surface area contributed by atoms with E-state index in [9.17, 15) is 5.11 Å². The Bertz CT molecular complexity index is 360. The summed E-state index contributed by atoms with van der Waals surface area (Å²) in [5.41, 5.74) is 3.53. The third-order valence-corrected chi connectivity index (χ3v) is 3.10. The average molecular weight is 250 g/mol. The van der Waals surface area contributed by atoms with E-state index in [0.717, 1.165) is 29.7 Å². The van der Waals surface area contributed by atoms with Crippen LogP contribution >= 0.6 is 0 Å². The van der Waals surface area contributed by atoms with E-state index in [1.807, 2.05) is 0 Å². The maximum absolute atomic E-state index is 9.87. The van der Waals surface area contributed by atoms with Crippen molar-refractivity contribution >= 4 is 0 Å². The topological polar surface area (TPSA) is 29.5 Å². The molecule has 0 amide bonds. The molecule has 0 aromatic heterocycles. The molecule has 102 valence electrons. The Morgan fingerprint density at radius 2 is 1.61 bits per heavy atom. The number of aryl methyl sites for hydroxylation is 3. The van der Waals surface area contributed by atoms with E-state index < -0.39 is 0 Å². The van der Waals surface area contributed by atoms with Crippen LogP contribution in [-0.2, 0) is 0 Å². The van der Waals surface area contributed by atoms with Gasteiger partial charge in [0.25, 0.3) is 0 Å². The summed E-state index contributed by atoms with van der Waals surface area (Å²) in [6.45, 7) is 10.9. The largest absolute Gasteiger partial charge is 0.490 e. The fourth-order valence-electron chi connectivity index (χ4n) is 2.18. The second kappa shape index (κ2) is 6.79. The van der Waals surface area contributed by atoms with Crippen molar-refractivity contribution < 1.29 is 9.84 Å². The average Bonchev–Trinajstić information content (AvgIpc) is 2.24. The van der Waals surface area contributed by atoms with Gasteiger partial charge in [-0.25, -0.2) is 0 Å². The van der Waals surface area contributed by atoms with E-state index >= 15 is 0 Å². The van der Waals surface area contributed by atoms with Crippen molar-refractivity contribution in [3.05, 3.63) is 28.8 Å². The predicted octanol–water partition coefficient (Wildman–Crippen LogP) is 3.79. The minimum atomic E-state index is -0.368. The minimum Gasteiger partial charge on any atom is -0.490 e. The highest BCUT2D eigenvalue weighted by molar-refractivity contribution is 5.42. The first-order valence-corrected chi connectivity index (χ1v) is 6.79. The van der Waals surface area contributed by atoms with Gasteiger partial charge in [-0.05, 0) is 50.7 Å². The second-order valence-corrected chi connectivity index (χ2v) is 5.66. The fraction of sp³-hybridized carbons (Fsp3) is 0.625. The summed E-state index contributed by atoms with van der Waals surface area (Å²) in [6, 6.07) is 4.23. The van der Waals surface area contributed by atoms with Gasteiger partial charge in [-0.3, -0.25) is 0 Å². The number of aliphatic hydroxyl groups is 1. The molecule has 18 heavy (non-hydrogen) atoms. The van der Waals surface area contributed by atoms with E-state index in [1.54, 1.807) is 0 Å². The quantitative estimate of drug-likeness (QED) is 0.832. The molecular formula is C16H26O2. The Labute approximate surface area is 111 Å². The van der Waals surface area contributed by atoms with Crippen molar-refractivity contribution in [2.75, 3.05) is 6.61 Å². The summed E-state index contributed by atoms with van der Waals surface area (Å²) in [7, 11) is 0. The second-order valence-electron chi connectivity index (χ2n) is 5.66. The van der Waals surface area contributed by atoms with Gasteiger partial charge in [0, 0.05) is 0 Å². The smallest absolute Gasteiger partial charge is 0.125 e. The van der Waals surface area contributed by atoms with Gasteiger partial charge in [-0.2, -0.15) is 0 Å². The van der Waals surface area contributed by atoms with Crippen LogP contribution in [0.25, 0.3) is 0 Å². The number of rotatable bonds is 6. The molecular weight excluding hydrogens is 224 g/mol. The van der Waals surface area contributed by atoms with Gasteiger partial charge in [0.2, 0.25) is 0 Å². The maximum Gasteiger partial charge on any atom is 0.125 e. The number of aliphatic hydroxyl groups excluding tert-OH is 1. The van der Waals surface area contributed by atoms with Gasteiger partial charge in [0.15, 0.2) is 0 Å². The van der Waals surface area contributed by atoms with Crippen molar-refractivity contribution in [3.63, 3.8) is 0 Å². The van der Waals surface area contributed by atoms with E-state index in [0.29, 0.717) is 12.5 Å². The molecule has 0 aliphatic carbocycles. The highest BCUT2D eigenvalue weighted by Crippen LogP contribution is 2.24. The van der Waals surface area contributed by atoms with E-state index in [2.05, 4.69) is 46.8 Å². The maximum atomic E-state index is 9.87. The predicted molar refractivity (Wildman–Crippen MR) is 76.2 cm³/mol. The Morgan fingerprint density at radius 1 is 1.06 bits per heavy atom. The van der Waals surface area contributed by atoms with Crippen LogP contribution in [0.4, 0.5) is 0 Å². The highest BCUT2D eigenvalue weighted by Gasteiger charge is 2.10. The minimum absolute atomic E-state index is 0.368. The van der Waals surface area contributed by atoms with Crippen LogP contribution in [0.3, 0.4) is 0 Å². The van der Waals surface area contributed by atoms with Crippen LogP contribution in [-0.4, -0.2) is 17.8 Å². The molecule has 1 atom stereocenters. The first kappa shape index (κ1) is 15.0. The van der Waals surface area contributed by atoms with Crippen molar-refractivity contribution in [2.24, 2.45) is 5.92 Å². The lowest BCUT2D eigenvalue weighted by Crippen LogP contribution is -2.18. The molecule has 1 aromatic carbocycles. The van der Waals surface area contributed by atoms with Crippen molar-refractivity contribution in [1.82, 2.24) is 0 Å². The molecule has 1 aromatic rings. The number of ether oxygens (including phenoxy) is 1. The van der Waals surface area contributed by atoms with Gasteiger partial charge in [0.1, 0.15) is 12.4 Å². The molecule has 2 heteroatoms. The Hall–Kier alpha value is -1.02. The van der Waals surface area contributed by atoms with Crippen molar-refractivity contribution in [1.29, 1.82) is 0 Å². The molecule has 1 rings (SSSR count). The van der Waals surface area contributed by atoms with Crippen molar-refractivity contribution in [2.45, 2.75) is 53.6 Å². The number of benzene rings is 1. The zero-order chi connectivity index (χ0) is 13.7. The lowest BCUT2D eigenvalue weighted by Gasteiger charge is -2.17. The third kappa shape index (κ3) is 4.69. The van der Waals surface area contributed by atoms with Gasteiger partial charge in [-0.15, -0.1) is 0 Å². The van der Waals surface area contributed by atoms with Gasteiger partial charge in [0.05, 0.1) is 6.10 Å². The summed E-state index contributed by atoms with van der Waals surface area (Å²) in [6.07, 6.45) is 1.48. The molecule has 0 bridgehead atoms. The Morgan fingerprint density at radius 3 is 2.11 bits per heavy atom. The molecule has 0 radical (unpaired) electrons. The zero-order valence-electron chi connectivity index (χ0n) is 12.3. The molecule has 2 nitrogen and oxygen atoms in total. The highest BCUT2D eigenvalue weighted by atomic mass is 16.5.